The van der Waals surface area contributed by atoms with Crippen molar-refractivity contribution in [3.05, 3.63) is 60.2 Å². The van der Waals surface area contributed by atoms with Gasteiger partial charge in [-0.15, -0.1) is 0 Å². The highest BCUT2D eigenvalue weighted by molar-refractivity contribution is 6.07. The lowest BCUT2D eigenvalue weighted by molar-refractivity contribution is 1.39. The molecule has 1 heterocycles. The van der Waals surface area contributed by atoms with E-state index in [4.69, 9.17) is 9.97 Å². The highest BCUT2D eigenvalue weighted by Gasteiger charge is 2.07. The molecule has 2 nitrogen and oxygen atoms in total. The average molecular weight is 244 g/mol. The maximum Gasteiger partial charge on any atom is 0.0973 e. The van der Waals surface area contributed by atoms with Crippen molar-refractivity contribution in [2.24, 2.45) is 0 Å². The number of para-hydroxylation sites is 2. The standard InChI is InChI=1S/C17H12N2/c1-11-10-16-17(13-7-3-2-6-12(11)13)19-15-9-5-4-8-14(15)18-16/h2-10H,1H3. The summed E-state index contributed by atoms with van der Waals surface area (Å²) in [4.78, 5) is 9.51. The molecule has 0 spiro atoms. The van der Waals surface area contributed by atoms with Crippen LogP contribution in [0, 0.1) is 6.92 Å². The van der Waals surface area contributed by atoms with Gasteiger partial charge < -0.3 is 0 Å². The Morgan fingerprint density at radius 3 is 2.11 bits per heavy atom. The highest BCUT2D eigenvalue weighted by atomic mass is 14.8. The second-order valence-corrected chi connectivity index (χ2v) is 4.82. The average Bonchev–Trinajstić information content (AvgIpc) is 2.46. The Morgan fingerprint density at radius 2 is 1.32 bits per heavy atom. The molecule has 3 aromatic carbocycles. The van der Waals surface area contributed by atoms with Crippen LogP contribution < -0.4 is 0 Å². The molecule has 2 heteroatoms. The molecule has 1 aromatic heterocycles. The van der Waals surface area contributed by atoms with Crippen LogP contribution in [0.1, 0.15) is 5.56 Å². The van der Waals surface area contributed by atoms with Gasteiger partial charge in [-0.3, -0.25) is 0 Å². The van der Waals surface area contributed by atoms with E-state index in [1.54, 1.807) is 0 Å². The van der Waals surface area contributed by atoms with Gasteiger partial charge in [-0.05, 0) is 36.1 Å². The SMILES string of the molecule is Cc1cc2nc3ccccc3nc2c2ccccc12. The first-order valence-corrected chi connectivity index (χ1v) is 6.38. The summed E-state index contributed by atoms with van der Waals surface area (Å²) in [5, 5.41) is 2.43. The molecular weight excluding hydrogens is 232 g/mol. The third-order valence-electron chi connectivity index (χ3n) is 3.56. The Labute approximate surface area is 110 Å². The minimum atomic E-state index is 0.948. The molecule has 4 rings (SSSR count). The van der Waals surface area contributed by atoms with Crippen LogP contribution in [0.3, 0.4) is 0 Å². The van der Waals surface area contributed by atoms with Crippen LogP contribution in [0.2, 0.25) is 0 Å². The van der Waals surface area contributed by atoms with Gasteiger partial charge in [0.25, 0.3) is 0 Å². The van der Waals surface area contributed by atoms with Crippen molar-refractivity contribution >= 4 is 32.8 Å². The van der Waals surface area contributed by atoms with Gasteiger partial charge in [0.05, 0.1) is 22.1 Å². The van der Waals surface area contributed by atoms with E-state index < -0.39 is 0 Å². The van der Waals surface area contributed by atoms with Crippen LogP contribution in [0.5, 0.6) is 0 Å². The smallest absolute Gasteiger partial charge is 0.0973 e. The van der Waals surface area contributed by atoms with Gasteiger partial charge in [0.15, 0.2) is 0 Å². The van der Waals surface area contributed by atoms with E-state index in [2.05, 4.69) is 37.3 Å². The van der Waals surface area contributed by atoms with Crippen LogP contribution >= 0.6 is 0 Å². The molecule has 0 aliphatic rings. The lowest BCUT2D eigenvalue weighted by Crippen LogP contribution is -1.90. The quantitative estimate of drug-likeness (QED) is 0.341. The monoisotopic (exact) mass is 244 g/mol. The van der Waals surface area contributed by atoms with Gasteiger partial charge in [-0.2, -0.15) is 0 Å². The molecule has 4 aromatic rings. The number of hydrogen-bond donors (Lipinski definition) is 0. The largest absolute Gasteiger partial charge is 0.244 e. The number of aryl methyl sites for hydroxylation is 1. The van der Waals surface area contributed by atoms with Gasteiger partial charge in [-0.25, -0.2) is 9.97 Å². The van der Waals surface area contributed by atoms with E-state index in [0.717, 1.165) is 22.1 Å². The number of nitrogens with zero attached hydrogens (tertiary/aromatic N) is 2. The summed E-state index contributed by atoms with van der Waals surface area (Å²) in [6, 6.07) is 18.5. The predicted molar refractivity (Wildman–Crippen MR) is 79.3 cm³/mol. The number of rotatable bonds is 0. The first-order valence-electron chi connectivity index (χ1n) is 6.38. The fourth-order valence-electron chi connectivity index (χ4n) is 2.63. The van der Waals surface area contributed by atoms with Crippen molar-refractivity contribution in [1.82, 2.24) is 9.97 Å². The first kappa shape index (κ1) is 10.4. The molecule has 0 saturated carbocycles. The minimum absolute atomic E-state index is 0.948. The minimum Gasteiger partial charge on any atom is -0.244 e. The molecule has 90 valence electrons. The van der Waals surface area contributed by atoms with E-state index >= 15 is 0 Å². The lowest BCUT2D eigenvalue weighted by atomic mass is 10.0. The summed E-state index contributed by atoms with van der Waals surface area (Å²) in [5.74, 6) is 0. The fraction of sp³-hybridized carbons (Fsp3) is 0.0588. The maximum atomic E-state index is 4.78. The summed E-state index contributed by atoms with van der Waals surface area (Å²) >= 11 is 0. The highest BCUT2D eigenvalue weighted by Crippen LogP contribution is 2.27. The van der Waals surface area contributed by atoms with Crippen LogP contribution in [-0.2, 0) is 0 Å². The predicted octanol–water partition coefficient (Wildman–Crippen LogP) is 4.24. The Hall–Kier alpha value is -2.48. The lowest BCUT2D eigenvalue weighted by Gasteiger charge is -2.07. The summed E-state index contributed by atoms with van der Waals surface area (Å²) in [6.07, 6.45) is 0. The van der Waals surface area contributed by atoms with Gasteiger partial charge in [0, 0.05) is 5.39 Å². The van der Waals surface area contributed by atoms with Gasteiger partial charge in [-0.1, -0.05) is 36.4 Å². The summed E-state index contributed by atoms with van der Waals surface area (Å²) < 4.78 is 0. The molecule has 0 fully saturated rings. The van der Waals surface area contributed by atoms with Gasteiger partial charge in [0.1, 0.15) is 0 Å². The molecular formula is C17H12N2. The Balaban J connectivity index is 2.29. The second kappa shape index (κ2) is 3.75. The number of benzene rings is 3. The molecule has 0 saturated heterocycles. The normalized spacial score (nSPS) is 11.4. The van der Waals surface area contributed by atoms with Crippen molar-refractivity contribution < 1.29 is 0 Å². The summed E-state index contributed by atoms with van der Waals surface area (Å²) in [6.45, 7) is 2.12. The van der Waals surface area contributed by atoms with Gasteiger partial charge in [0.2, 0.25) is 0 Å². The Kier molecular flexibility index (Phi) is 2.06. The van der Waals surface area contributed by atoms with Crippen LogP contribution in [0.15, 0.2) is 54.6 Å². The Bertz CT molecular complexity index is 926. The van der Waals surface area contributed by atoms with Crippen molar-refractivity contribution in [3.63, 3.8) is 0 Å². The second-order valence-electron chi connectivity index (χ2n) is 4.82. The summed E-state index contributed by atoms with van der Waals surface area (Å²) in [7, 11) is 0. The van der Waals surface area contributed by atoms with E-state index in [9.17, 15) is 0 Å². The van der Waals surface area contributed by atoms with Crippen molar-refractivity contribution in [1.29, 1.82) is 0 Å². The zero-order chi connectivity index (χ0) is 12.8. The zero-order valence-electron chi connectivity index (χ0n) is 10.6. The van der Waals surface area contributed by atoms with Crippen LogP contribution in [-0.4, -0.2) is 9.97 Å². The van der Waals surface area contributed by atoms with E-state index in [0.29, 0.717) is 0 Å². The third-order valence-corrected chi connectivity index (χ3v) is 3.56. The zero-order valence-corrected chi connectivity index (χ0v) is 10.6. The van der Waals surface area contributed by atoms with E-state index in [-0.39, 0.29) is 0 Å². The van der Waals surface area contributed by atoms with E-state index in [1.807, 2.05) is 24.3 Å². The molecule has 0 atom stereocenters. The summed E-state index contributed by atoms with van der Waals surface area (Å²) in [5.41, 5.74) is 5.09. The molecule has 0 aliphatic carbocycles. The van der Waals surface area contributed by atoms with Crippen LogP contribution in [0.4, 0.5) is 0 Å². The topological polar surface area (TPSA) is 25.8 Å². The van der Waals surface area contributed by atoms with Crippen molar-refractivity contribution in [2.75, 3.05) is 0 Å². The Morgan fingerprint density at radius 1 is 0.684 bits per heavy atom. The molecule has 0 aliphatic heterocycles. The third kappa shape index (κ3) is 1.50. The maximum absolute atomic E-state index is 4.78. The van der Waals surface area contributed by atoms with E-state index in [1.165, 1.54) is 16.3 Å². The van der Waals surface area contributed by atoms with Gasteiger partial charge >= 0.3 is 0 Å². The molecule has 0 N–H and O–H groups in total. The molecule has 0 amide bonds. The molecule has 0 radical (unpaired) electrons. The first-order chi connectivity index (χ1) is 9.33. The molecule has 19 heavy (non-hydrogen) atoms. The van der Waals surface area contributed by atoms with Crippen molar-refractivity contribution in [3.8, 4) is 0 Å². The number of hydrogen-bond acceptors (Lipinski definition) is 2. The van der Waals surface area contributed by atoms with Crippen molar-refractivity contribution in [2.45, 2.75) is 6.92 Å². The number of fused-ring (bicyclic) bond motifs is 4. The molecule has 0 unspecified atom stereocenters. The number of aromatic nitrogens is 2. The fourth-order valence-corrected chi connectivity index (χ4v) is 2.63. The van der Waals surface area contributed by atoms with Crippen LogP contribution in [0.25, 0.3) is 32.8 Å². The molecule has 0 bridgehead atoms.